The highest BCUT2D eigenvalue weighted by atomic mass is 19.4. The van der Waals surface area contributed by atoms with E-state index in [1.807, 2.05) is 0 Å². The number of nitrogens with one attached hydrogen (secondary N) is 1. The Labute approximate surface area is 201 Å². The predicted octanol–water partition coefficient (Wildman–Crippen LogP) is 5.98. The van der Waals surface area contributed by atoms with E-state index in [0.717, 1.165) is 25.0 Å². The fourth-order valence-corrected chi connectivity index (χ4v) is 4.29. The van der Waals surface area contributed by atoms with E-state index in [1.165, 1.54) is 24.5 Å². The molecule has 1 saturated carbocycles. The number of amides is 1. The molecule has 1 aliphatic carbocycles. The smallest absolute Gasteiger partial charge is 0.374 e. The van der Waals surface area contributed by atoms with Gasteiger partial charge in [-0.05, 0) is 48.4 Å². The Morgan fingerprint density at radius 3 is 2.53 bits per heavy atom. The van der Waals surface area contributed by atoms with Crippen LogP contribution in [0.2, 0.25) is 0 Å². The number of hydrogen-bond donors (Lipinski definition) is 1. The first-order valence-electron chi connectivity index (χ1n) is 11.1. The van der Waals surface area contributed by atoms with Crippen molar-refractivity contribution in [1.29, 1.82) is 0 Å². The molecule has 5 nitrogen and oxygen atoms in total. The van der Waals surface area contributed by atoms with Crippen molar-refractivity contribution >= 4 is 22.4 Å². The van der Waals surface area contributed by atoms with Gasteiger partial charge in [-0.25, -0.2) is 0 Å². The van der Waals surface area contributed by atoms with E-state index < -0.39 is 35.5 Å². The molecular formula is C25H19F6N3O2. The minimum Gasteiger partial charge on any atom is -0.374 e. The molecule has 0 bridgehead atoms. The number of rotatable bonds is 5. The summed E-state index contributed by atoms with van der Waals surface area (Å²) < 4.78 is 82.6. The average Bonchev–Trinajstić information content (AvgIpc) is 3.56. The molecule has 1 fully saturated rings. The van der Waals surface area contributed by atoms with Gasteiger partial charge in [0.05, 0.1) is 11.3 Å². The van der Waals surface area contributed by atoms with Crippen LogP contribution >= 0.6 is 0 Å². The van der Waals surface area contributed by atoms with Crippen LogP contribution in [0.5, 0.6) is 0 Å². The normalized spacial score (nSPS) is 20.2. The van der Waals surface area contributed by atoms with Crippen molar-refractivity contribution in [1.82, 2.24) is 10.3 Å². The number of alkyl halides is 6. The highest BCUT2D eigenvalue weighted by Crippen LogP contribution is 2.50. The van der Waals surface area contributed by atoms with Gasteiger partial charge < -0.3 is 10.2 Å². The highest BCUT2D eigenvalue weighted by Gasteiger charge is 2.62. The van der Waals surface area contributed by atoms with Crippen LogP contribution in [0.4, 0.5) is 26.3 Å². The van der Waals surface area contributed by atoms with Gasteiger partial charge >= 0.3 is 12.4 Å². The van der Waals surface area contributed by atoms with Crippen molar-refractivity contribution in [3.05, 3.63) is 77.1 Å². The topological polar surface area (TPSA) is 63.6 Å². The number of hydrogen-bond acceptors (Lipinski definition) is 4. The van der Waals surface area contributed by atoms with Crippen LogP contribution in [0.15, 0.2) is 60.0 Å². The lowest BCUT2D eigenvalue weighted by Gasteiger charge is -2.30. The zero-order valence-corrected chi connectivity index (χ0v) is 18.6. The van der Waals surface area contributed by atoms with Gasteiger partial charge in [-0.15, -0.1) is 0 Å². The van der Waals surface area contributed by atoms with Gasteiger partial charge in [-0.1, -0.05) is 23.4 Å². The Morgan fingerprint density at radius 1 is 1.06 bits per heavy atom. The summed E-state index contributed by atoms with van der Waals surface area (Å²) in [6, 6.07) is 7.46. The van der Waals surface area contributed by atoms with Crippen molar-refractivity contribution < 1.29 is 36.0 Å². The standard InChI is InChI=1S/C25H19F6N3O2/c26-24(27,28)16-3-1-2-15(10-16)23(25(29,30)31)11-21(34-36-23)18-6-7-19(20-13-32-9-8-17(18)20)22(35)33-12-14-4-5-14/h1-3,6-10,13-14H,4-5,11-12H2,(H,33,35)/t23-/m0/s1. The summed E-state index contributed by atoms with van der Waals surface area (Å²) in [5.41, 5.74) is -4.55. The van der Waals surface area contributed by atoms with Crippen molar-refractivity contribution in [2.24, 2.45) is 11.1 Å². The lowest BCUT2D eigenvalue weighted by molar-refractivity contribution is -0.276. The summed E-state index contributed by atoms with van der Waals surface area (Å²) >= 11 is 0. The van der Waals surface area contributed by atoms with Gasteiger partial charge in [0, 0.05) is 47.4 Å². The molecule has 2 aromatic carbocycles. The Balaban J connectivity index is 1.52. The number of nitrogens with zero attached hydrogens (tertiary/aromatic N) is 2. The molecule has 0 radical (unpaired) electrons. The third-order valence-corrected chi connectivity index (χ3v) is 6.46. The fourth-order valence-electron chi connectivity index (χ4n) is 4.29. The van der Waals surface area contributed by atoms with E-state index in [4.69, 9.17) is 4.84 Å². The van der Waals surface area contributed by atoms with Crippen LogP contribution in [0.1, 0.15) is 46.3 Å². The number of halogens is 6. The van der Waals surface area contributed by atoms with Gasteiger partial charge in [-0.2, -0.15) is 26.3 Å². The van der Waals surface area contributed by atoms with E-state index in [-0.39, 0.29) is 17.2 Å². The maximum atomic E-state index is 14.3. The summed E-state index contributed by atoms with van der Waals surface area (Å²) in [6.45, 7) is 0.536. The lowest BCUT2D eigenvalue weighted by Crippen LogP contribution is -2.42. The Bertz CT molecular complexity index is 1360. The number of oxime groups is 1. The number of carbonyl (C=O) groups excluding carboxylic acids is 1. The summed E-state index contributed by atoms with van der Waals surface area (Å²) in [4.78, 5) is 21.7. The number of aromatic nitrogens is 1. The van der Waals surface area contributed by atoms with Crippen LogP contribution in [-0.2, 0) is 16.6 Å². The molecule has 0 saturated heterocycles. The molecule has 1 N–H and O–H groups in total. The lowest BCUT2D eigenvalue weighted by atomic mass is 9.84. The van der Waals surface area contributed by atoms with Crippen LogP contribution < -0.4 is 5.32 Å². The summed E-state index contributed by atoms with van der Waals surface area (Å²) in [6.07, 6.45) is -5.78. The maximum Gasteiger partial charge on any atom is 0.435 e. The second-order valence-electron chi connectivity index (χ2n) is 8.94. The SMILES string of the molecule is O=C(NCC1CC1)c1ccc(C2=NO[C@@](c3cccc(C(F)(F)F)c3)(C(F)(F)F)C2)c2ccncc12. The molecule has 0 spiro atoms. The molecule has 11 heteroatoms. The quantitative estimate of drug-likeness (QED) is 0.433. The first kappa shape index (κ1) is 24.1. The Kier molecular flexibility index (Phi) is 5.68. The monoisotopic (exact) mass is 507 g/mol. The zero-order valence-electron chi connectivity index (χ0n) is 18.6. The van der Waals surface area contributed by atoms with Crippen molar-refractivity contribution in [2.75, 3.05) is 6.54 Å². The Hall–Kier alpha value is -3.63. The molecule has 36 heavy (non-hydrogen) atoms. The minimum atomic E-state index is -5.07. The first-order valence-corrected chi connectivity index (χ1v) is 11.1. The van der Waals surface area contributed by atoms with Gasteiger partial charge in [-0.3, -0.25) is 9.78 Å². The van der Waals surface area contributed by atoms with Crippen LogP contribution in [0, 0.1) is 5.92 Å². The summed E-state index contributed by atoms with van der Waals surface area (Å²) in [5.74, 6) is 0.124. The van der Waals surface area contributed by atoms with Gasteiger partial charge in [0.25, 0.3) is 11.5 Å². The number of benzene rings is 2. The molecule has 0 unspecified atom stereocenters. The van der Waals surface area contributed by atoms with Crippen LogP contribution in [0.3, 0.4) is 0 Å². The largest absolute Gasteiger partial charge is 0.435 e. The molecule has 1 amide bonds. The molecule has 188 valence electrons. The van der Waals surface area contributed by atoms with E-state index in [1.54, 1.807) is 6.07 Å². The van der Waals surface area contributed by atoms with Crippen molar-refractivity contribution in [3.8, 4) is 0 Å². The fraction of sp³-hybridized carbons (Fsp3) is 0.320. The molecule has 1 aromatic heterocycles. The molecule has 2 heterocycles. The van der Waals surface area contributed by atoms with Crippen LogP contribution in [0.25, 0.3) is 10.8 Å². The zero-order chi connectivity index (χ0) is 25.7. The van der Waals surface area contributed by atoms with Gasteiger partial charge in [0.15, 0.2) is 0 Å². The molecule has 2 aliphatic rings. The second kappa shape index (κ2) is 8.49. The third kappa shape index (κ3) is 4.27. The third-order valence-electron chi connectivity index (χ3n) is 6.46. The molecule has 1 atom stereocenters. The molecule has 3 aromatic rings. The minimum absolute atomic E-state index is 0.106. The number of pyridine rings is 1. The second-order valence-corrected chi connectivity index (χ2v) is 8.94. The van der Waals surface area contributed by atoms with E-state index in [2.05, 4.69) is 15.5 Å². The number of carbonyl (C=O) groups is 1. The van der Waals surface area contributed by atoms with E-state index in [9.17, 15) is 31.1 Å². The van der Waals surface area contributed by atoms with Crippen LogP contribution in [-0.4, -0.2) is 29.3 Å². The van der Waals surface area contributed by atoms with Gasteiger partial charge in [0.1, 0.15) is 0 Å². The first-order chi connectivity index (χ1) is 17.0. The molecular weight excluding hydrogens is 488 g/mol. The molecule has 5 rings (SSSR count). The predicted molar refractivity (Wildman–Crippen MR) is 118 cm³/mol. The summed E-state index contributed by atoms with van der Waals surface area (Å²) in [7, 11) is 0. The van der Waals surface area contributed by atoms with Crippen molar-refractivity contribution in [3.63, 3.8) is 0 Å². The number of fused-ring (bicyclic) bond motifs is 1. The van der Waals surface area contributed by atoms with E-state index in [0.29, 0.717) is 40.9 Å². The highest BCUT2D eigenvalue weighted by molar-refractivity contribution is 6.16. The maximum absolute atomic E-state index is 14.3. The van der Waals surface area contributed by atoms with Gasteiger partial charge in [0.2, 0.25) is 0 Å². The average molecular weight is 507 g/mol. The summed E-state index contributed by atoms with van der Waals surface area (Å²) in [5, 5.41) is 7.37. The van der Waals surface area contributed by atoms with E-state index >= 15 is 0 Å². The van der Waals surface area contributed by atoms with Crippen molar-refractivity contribution in [2.45, 2.75) is 37.2 Å². The Morgan fingerprint density at radius 2 is 1.83 bits per heavy atom. The molecule has 1 aliphatic heterocycles.